The van der Waals surface area contributed by atoms with Crippen LogP contribution < -0.4 is 14.5 Å². The summed E-state index contributed by atoms with van der Waals surface area (Å²) in [5.74, 6) is 0.838. The molecule has 4 aliphatic rings. The van der Waals surface area contributed by atoms with Gasteiger partial charge >= 0.3 is 6.01 Å². The van der Waals surface area contributed by atoms with Crippen LogP contribution in [-0.4, -0.2) is 90.0 Å². The lowest BCUT2D eigenvalue weighted by Gasteiger charge is -2.42. The van der Waals surface area contributed by atoms with Gasteiger partial charge in [-0.1, -0.05) is 24.8 Å². The lowest BCUT2D eigenvalue weighted by molar-refractivity contribution is -0.128. The minimum Gasteiger partial charge on any atom is -0.462 e. The SMILES string of the molecule is C=CC(=O)N1CCN(c2nc(OCC3CCCN3C)nc3c2CCC2(CC(=O)N(c4ccccc4)C2)C3)CC1CC#N. The van der Waals surface area contributed by atoms with E-state index in [2.05, 4.69) is 29.5 Å². The molecule has 2 amide bonds. The highest BCUT2D eigenvalue weighted by Gasteiger charge is 2.47. The van der Waals surface area contributed by atoms with Gasteiger partial charge in [0.05, 0.1) is 24.2 Å². The van der Waals surface area contributed by atoms with Crippen LogP contribution in [0.4, 0.5) is 11.5 Å². The van der Waals surface area contributed by atoms with Crippen LogP contribution in [0.15, 0.2) is 43.0 Å². The lowest BCUT2D eigenvalue weighted by atomic mass is 9.72. The Morgan fingerprint density at radius 3 is 2.76 bits per heavy atom. The van der Waals surface area contributed by atoms with Crippen molar-refractivity contribution in [2.24, 2.45) is 5.41 Å². The summed E-state index contributed by atoms with van der Waals surface area (Å²) in [6.45, 7) is 7.50. The fraction of sp³-hybridized carbons (Fsp3) is 0.531. The van der Waals surface area contributed by atoms with Gasteiger partial charge in [-0.2, -0.15) is 15.2 Å². The minimum atomic E-state index is -0.252. The van der Waals surface area contributed by atoms with Crippen LogP contribution in [0, 0.1) is 16.7 Å². The molecule has 10 heteroatoms. The number of ether oxygens (including phenoxy) is 1. The third-order valence-electron chi connectivity index (χ3n) is 9.53. The first-order valence-electron chi connectivity index (χ1n) is 15.0. The summed E-state index contributed by atoms with van der Waals surface area (Å²) in [6.07, 6.45) is 6.61. The maximum absolute atomic E-state index is 13.2. The summed E-state index contributed by atoms with van der Waals surface area (Å²) in [4.78, 5) is 43.8. The molecule has 3 fully saturated rings. The van der Waals surface area contributed by atoms with Crippen LogP contribution in [0.25, 0.3) is 0 Å². The van der Waals surface area contributed by atoms with Crippen molar-refractivity contribution < 1.29 is 14.3 Å². The Morgan fingerprint density at radius 2 is 2.02 bits per heavy atom. The Hall–Kier alpha value is -3.97. The number of benzene rings is 1. The van der Waals surface area contributed by atoms with E-state index in [0.29, 0.717) is 57.7 Å². The quantitative estimate of drug-likeness (QED) is 0.469. The van der Waals surface area contributed by atoms with Gasteiger partial charge in [-0.05, 0) is 63.9 Å². The van der Waals surface area contributed by atoms with E-state index in [9.17, 15) is 14.9 Å². The van der Waals surface area contributed by atoms with Gasteiger partial charge in [0.1, 0.15) is 12.4 Å². The number of carbonyl (C=O) groups excluding carboxylic acids is 2. The Balaban J connectivity index is 1.30. The standard InChI is InChI=1S/C32H39N7O3/c1-3-28(40)38-17-16-37(20-24(38)12-14-33)30-26-11-13-32(19-29(41)39(22-32)23-8-5-4-6-9-23)18-27(26)34-31(35-30)42-21-25-10-7-15-36(25)2/h3-6,8-9,24-25H,1,7,10-13,15-22H2,2H3. The van der Waals surface area contributed by atoms with Crippen molar-refractivity contribution in [1.29, 1.82) is 5.26 Å². The topological polar surface area (TPSA) is 106 Å². The summed E-state index contributed by atoms with van der Waals surface area (Å²) in [5, 5.41) is 9.51. The van der Waals surface area contributed by atoms with Crippen LogP contribution >= 0.6 is 0 Å². The molecule has 0 N–H and O–H groups in total. The fourth-order valence-corrected chi connectivity index (χ4v) is 7.18. The Labute approximate surface area is 247 Å². The predicted octanol–water partition coefficient (Wildman–Crippen LogP) is 2.98. The molecule has 3 saturated heterocycles. The Kier molecular flexibility index (Phi) is 7.86. The van der Waals surface area contributed by atoms with Gasteiger partial charge in [-0.15, -0.1) is 0 Å². The van der Waals surface area contributed by atoms with E-state index in [1.807, 2.05) is 35.2 Å². The van der Waals surface area contributed by atoms with E-state index in [0.717, 1.165) is 55.0 Å². The number of nitriles is 1. The molecule has 0 saturated carbocycles. The molecule has 42 heavy (non-hydrogen) atoms. The summed E-state index contributed by atoms with van der Waals surface area (Å²) in [6, 6.07) is 12.6. The number of hydrogen-bond donors (Lipinski definition) is 0. The number of amides is 2. The Bertz CT molecular complexity index is 1390. The first-order chi connectivity index (χ1) is 20.4. The van der Waals surface area contributed by atoms with Crippen LogP contribution in [0.5, 0.6) is 6.01 Å². The first kappa shape index (κ1) is 28.2. The molecular weight excluding hydrogens is 530 g/mol. The van der Waals surface area contributed by atoms with Crippen molar-refractivity contribution in [2.45, 2.75) is 57.0 Å². The van der Waals surface area contributed by atoms with E-state index in [-0.39, 0.29) is 29.7 Å². The normalized spacial score (nSPS) is 25.9. The highest BCUT2D eigenvalue weighted by molar-refractivity contribution is 5.96. The maximum atomic E-state index is 13.2. The average Bonchev–Trinajstić information content (AvgIpc) is 3.56. The number of aromatic nitrogens is 2. The van der Waals surface area contributed by atoms with Crippen LogP contribution in [0.1, 0.15) is 43.4 Å². The number of carbonyl (C=O) groups is 2. The molecule has 2 aromatic rings. The number of para-hydroxylation sites is 1. The van der Waals surface area contributed by atoms with Gasteiger partial charge in [0.25, 0.3) is 0 Å². The zero-order valence-electron chi connectivity index (χ0n) is 24.4. The van der Waals surface area contributed by atoms with Crippen LogP contribution in [0.2, 0.25) is 0 Å². The second-order valence-corrected chi connectivity index (χ2v) is 12.2. The van der Waals surface area contributed by atoms with Crippen molar-refractivity contribution in [3.05, 3.63) is 54.2 Å². The van der Waals surface area contributed by atoms with E-state index in [4.69, 9.17) is 14.7 Å². The molecule has 6 rings (SSSR count). The molecule has 0 radical (unpaired) electrons. The van der Waals surface area contributed by atoms with Gasteiger partial charge in [0.2, 0.25) is 11.8 Å². The zero-order chi connectivity index (χ0) is 29.3. The second kappa shape index (κ2) is 11.7. The number of likely N-dealkylation sites (N-methyl/N-ethyl adjacent to an activating group) is 1. The molecule has 1 aromatic heterocycles. The second-order valence-electron chi connectivity index (χ2n) is 12.2. The predicted molar refractivity (Wildman–Crippen MR) is 159 cm³/mol. The van der Waals surface area contributed by atoms with Crippen LogP contribution in [0.3, 0.4) is 0 Å². The highest BCUT2D eigenvalue weighted by Crippen LogP contribution is 2.46. The zero-order valence-corrected chi connectivity index (χ0v) is 24.4. The molecule has 1 aliphatic carbocycles. The molecule has 1 spiro atoms. The van der Waals surface area contributed by atoms with E-state index in [1.165, 1.54) is 6.08 Å². The molecule has 3 unspecified atom stereocenters. The number of piperazine rings is 1. The number of hydrogen-bond acceptors (Lipinski definition) is 8. The van der Waals surface area contributed by atoms with E-state index in [1.54, 1.807) is 4.90 Å². The number of likely N-dealkylation sites (tertiary alicyclic amines) is 1. The summed E-state index contributed by atoms with van der Waals surface area (Å²) in [5.41, 5.74) is 2.79. The number of nitrogens with zero attached hydrogens (tertiary/aromatic N) is 7. The third-order valence-corrected chi connectivity index (χ3v) is 9.53. The summed E-state index contributed by atoms with van der Waals surface area (Å²) in [7, 11) is 2.12. The smallest absolute Gasteiger partial charge is 0.318 e. The molecule has 220 valence electrons. The number of rotatable bonds is 7. The van der Waals surface area contributed by atoms with Crippen molar-refractivity contribution in [1.82, 2.24) is 19.8 Å². The first-order valence-corrected chi connectivity index (χ1v) is 15.0. The van der Waals surface area contributed by atoms with Gasteiger partial charge in [-0.25, -0.2) is 0 Å². The molecule has 4 heterocycles. The fourth-order valence-electron chi connectivity index (χ4n) is 7.18. The van der Waals surface area contributed by atoms with Crippen molar-refractivity contribution in [3.63, 3.8) is 0 Å². The number of fused-ring (bicyclic) bond motifs is 1. The van der Waals surface area contributed by atoms with Gasteiger partial charge in [-0.3, -0.25) is 9.59 Å². The molecule has 3 atom stereocenters. The molecule has 3 aliphatic heterocycles. The highest BCUT2D eigenvalue weighted by atomic mass is 16.5. The largest absolute Gasteiger partial charge is 0.462 e. The van der Waals surface area contributed by atoms with Crippen LogP contribution in [-0.2, 0) is 22.4 Å². The van der Waals surface area contributed by atoms with Gasteiger partial charge < -0.3 is 24.3 Å². The van der Waals surface area contributed by atoms with E-state index >= 15 is 0 Å². The van der Waals surface area contributed by atoms with E-state index < -0.39 is 0 Å². The third kappa shape index (κ3) is 5.45. The monoisotopic (exact) mass is 569 g/mol. The average molecular weight is 570 g/mol. The summed E-state index contributed by atoms with van der Waals surface area (Å²) >= 11 is 0. The minimum absolute atomic E-state index is 0.153. The van der Waals surface area contributed by atoms with Crippen molar-refractivity contribution in [3.8, 4) is 12.1 Å². The van der Waals surface area contributed by atoms with Gasteiger partial charge in [0.15, 0.2) is 0 Å². The summed E-state index contributed by atoms with van der Waals surface area (Å²) < 4.78 is 6.27. The van der Waals surface area contributed by atoms with Gasteiger partial charge in [0, 0.05) is 55.3 Å². The molecule has 1 aromatic carbocycles. The maximum Gasteiger partial charge on any atom is 0.318 e. The Morgan fingerprint density at radius 1 is 1.19 bits per heavy atom. The molecular formula is C32H39N7O3. The molecule has 10 nitrogen and oxygen atoms in total. The van der Waals surface area contributed by atoms with Crippen molar-refractivity contribution >= 4 is 23.3 Å². The van der Waals surface area contributed by atoms with Crippen molar-refractivity contribution in [2.75, 3.05) is 56.2 Å². The molecule has 0 bridgehead atoms. The lowest BCUT2D eigenvalue weighted by Crippen LogP contribution is -2.55. The number of anilines is 2.